The van der Waals surface area contributed by atoms with E-state index in [4.69, 9.17) is 4.74 Å². The summed E-state index contributed by atoms with van der Waals surface area (Å²) in [7, 11) is 1.52. The van der Waals surface area contributed by atoms with Crippen molar-refractivity contribution in [2.24, 2.45) is 0 Å². The molecule has 0 unspecified atom stereocenters. The van der Waals surface area contributed by atoms with E-state index < -0.39 is 0 Å². The highest BCUT2D eigenvalue weighted by Crippen LogP contribution is 2.14. The van der Waals surface area contributed by atoms with Gasteiger partial charge in [-0.3, -0.25) is 0 Å². The highest BCUT2D eigenvalue weighted by Gasteiger charge is 1.95. The number of halogens is 1. The van der Waals surface area contributed by atoms with E-state index in [9.17, 15) is 4.39 Å². The first-order chi connectivity index (χ1) is 10.5. The fraction of sp³-hybridized carbons (Fsp3) is 0.700. The van der Waals surface area contributed by atoms with Crippen molar-refractivity contribution in [3.63, 3.8) is 0 Å². The largest absolute Gasteiger partial charge is 0.497 e. The van der Waals surface area contributed by atoms with Crippen LogP contribution in [0.2, 0.25) is 0 Å². The van der Waals surface area contributed by atoms with Crippen LogP contribution in [0.15, 0.2) is 18.2 Å². The Morgan fingerprint density at radius 3 is 1.45 bits per heavy atom. The van der Waals surface area contributed by atoms with Crippen LogP contribution in [-0.2, 0) is 0 Å². The normalized spacial score (nSPS) is 8.41. The van der Waals surface area contributed by atoms with Gasteiger partial charge >= 0.3 is 0 Å². The molecule has 0 amide bonds. The van der Waals surface area contributed by atoms with E-state index in [1.165, 1.54) is 57.8 Å². The van der Waals surface area contributed by atoms with Crippen LogP contribution in [0.5, 0.6) is 5.75 Å². The molecule has 0 saturated carbocycles. The second-order valence-corrected chi connectivity index (χ2v) is 4.88. The molecule has 0 fully saturated rings. The van der Waals surface area contributed by atoms with Gasteiger partial charge in [0, 0.05) is 6.07 Å². The Bertz CT molecular complexity index is 280. The van der Waals surface area contributed by atoms with Gasteiger partial charge in [0.05, 0.1) is 7.11 Å². The molecule has 0 atom stereocenters. The van der Waals surface area contributed by atoms with Gasteiger partial charge in [0.1, 0.15) is 11.6 Å². The molecule has 0 aliphatic carbocycles. The molecular weight excluding hydrogens is 275 g/mol. The maximum absolute atomic E-state index is 12.5. The lowest BCUT2D eigenvalue weighted by Gasteiger charge is -1.99. The van der Waals surface area contributed by atoms with Gasteiger partial charge in [0.25, 0.3) is 0 Å². The quantitative estimate of drug-likeness (QED) is 0.544. The Morgan fingerprint density at radius 1 is 0.818 bits per heavy atom. The van der Waals surface area contributed by atoms with Crippen molar-refractivity contribution < 1.29 is 9.13 Å². The summed E-state index contributed by atoms with van der Waals surface area (Å²) in [6.45, 7) is 14.7. The Kier molecular flexibility index (Phi) is 26.2. The average Bonchev–Trinajstić information content (AvgIpc) is 2.51. The van der Waals surface area contributed by atoms with Crippen LogP contribution < -0.4 is 4.74 Å². The number of benzene rings is 1. The summed E-state index contributed by atoms with van der Waals surface area (Å²) in [4.78, 5) is 0. The second kappa shape index (κ2) is 22.2. The van der Waals surface area contributed by atoms with Gasteiger partial charge in [-0.1, -0.05) is 80.1 Å². The fourth-order valence-electron chi connectivity index (χ4n) is 1.53. The molecule has 1 rings (SSSR count). The van der Waals surface area contributed by atoms with E-state index in [2.05, 4.69) is 27.7 Å². The molecule has 0 aliphatic rings. The standard InChI is InChI=1S/C8H9FO.2C5H12.C2H6/c1-6-3-7(9)5-8(4-6)10-2;2*1-3-5-4-2;1-2/h3-5H,1-2H3;2*3-5H2,1-2H3;1-2H3. The molecule has 1 aromatic carbocycles. The van der Waals surface area contributed by atoms with Crippen LogP contribution in [0.1, 0.15) is 85.6 Å². The first-order valence-electron chi connectivity index (χ1n) is 8.86. The van der Waals surface area contributed by atoms with Crippen molar-refractivity contribution >= 4 is 0 Å². The maximum Gasteiger partial charge on any atom is 0.127 e. The van der Waals surface area contributed by atoms with Crippen LogP contribution >= 0.6 is 0 Å². The number of ether oxygens (including phenoxy) is 1. The Hall–Kier alpha value is -1.05. The van der Waals surface area contributed by atoms with E-state index in [-0.39, 0.29) is 5.82 Å². The lowest BCUT2D eigenvalue weighted by Crippen LogP contribution is -1.85. The van der Waals surface area contributed by atoms with Gasteiger partial charge < -0.3 is 4.74 Å². The third-order valence-corrected chi connectivity index (χ3v) is 2.67. The van der Waals surface area contributed by atoms with Crippen molar-refractivity contribution in [1.82, 2.24) is 0 Å². The van der Waals surface area contributed by atoms with E-state index in [0.717, 1.165) is 5.56 Å². The Morgan fingerprint density at radius 2 is 1.23 bits per heavy atom. The third kappa shape index (κ3) is 21.3. The second-order valence-electron chi connectivity index (χ2n) is 4.88. The van der Waals surface area contributed by atoms with Gasteiger partial charge in [-0.15, -0.1) is 0 Å². The average molecular weight is 315 g/mol. The van der Waals surface area contributed by atoms with Crippen LogP contribution in [-0.4, -0.2) is 7.11 Å². The van der Waals surface area contributed by atoms with Gasteiger partial charge in [-0.05, 0) is 24.6 Å². The van der Waals surface area contributed by atoms with Gasteiger partial charge in [0.2, 0.25) is 0 Å². The molecule has 22 heavy (non-hydrogen) atoms. The summed E-state index contributed by atoms with van der Waals surface area (Å²) in [5.41, 5.74) is 0.872. The van der Waals surface area contributed by atoms with E-state index in [0.29, 0.717) is 5.75 Å². The molecule has 0 radical (unpaired) electrons. The Labute approximate surface area is 139 Å². The van der Waals surface area contributed by atoms with Crippen molar-refractivity contribution in [1.29, 1.82) is 0 Å². The molecule has 132 valence electrons. The molecule has 1 aromatic rings. The molecule has 0 N–H and O–H groups in total. The molecule has 0 aromatic heterocycles. The molecule has 0 spiro atoms. The van der Waals surface area contributed by atoms with Crippen LogP contribution in [0, 0.1) is 12.7 Å². The number of aryl methyl sites for hydroxylation is 1. The van der Waals surface area contributed by atoms with Crippen LogP contribution in [0.4, 0.5) is 4.39 Å². The van der Waals surface area contributed by atoms with E-state index in [1.807, 2.05) is 20.8 Å². The molecule has 0 heterocycles. The number of unbranched alkanes of at least 4 members (excludes halogenated alkanes) is 4. The highest BCUT2D eigenvalue weighted by molar-refractivity contribution is 5.28. The predicted molar refractivity (Wildman–Crippen MR) is 99.4 cm³/mol. The number of rotatable bonds is 5. The van der Waals surface area contributed by atoms with Gasteiger partial charge in [-0.25, -0.2) is 4.39 Å². The maximum atomic E-state index is 12.5. The summed E-state index contributed by atoms with van der Waals surface area (Å²) in [5, 5.41) is 0. The zero-order valence-corrected chi connectivity index (χ0v) is 16.3. The van der Waals surface area contributed by atoms with Gasteiger partial charge in [0.15, 0.2) is 0 Å². The molecule has 0 saturated heterocycles. The minimum absolute atomic E-state index is 0.253. The number of methoxy groups -OCH3 is 1. The molecular formula is C20H39FO. The summed E-state index contributed by atoms with van der Waals surface area (Å²) in [6, 6.07) is 4.60. The third-order valence-electron chi connectivity index (χ3n) is 2.67. The van der Waals surface area contributed by atoms with Crippen molar-refractivity contribution in [3.8, 4) is 5.75 Å². The predicted octanol–water partition coefficient (Wildman–Crippen LogP) is 7.56. The summed E-state index contributed by atoms with van der Waals surface area (Å²) in [6.07, 6.45) is 8.15. The minimum Gasteiger partial charge on any atom is -0.497 e. The zero-order valence-electron chi connectivity index (χ0n) is 16.3. The lowest BCUT2D eigenvalue weighted by molar-refractivity contribution is 0.411. The zero-order chi connectivity index (χ0) is 17.8. The molecule has 0 bridgehead atoms. The first kappa shape index (κ1) is 25.9. The topological polar surface area (TPSA) is 9.23 Å². The van der Waals surface area contributed by atoms with Crippen molar-refractivity contribution in [3.05, 3.63) is 29.6 Å². The first-order valence-corrected chi connectivity index (χ1v) is 8.86. The summed E-state index contributed by atoms with van der Waals surface area (Å²) in [5.74, 6) is 0.314. The minimum atomic E-state index is -0.253. The Balaban J connectivity index is -0.000000257. The lowest BCUT2D eigenvalue weighted by atomic mass is 10.2. The SMILES string of the molecule is CC.CCCCC.CCCCC.COc1cc(C)cc(F)c1. The fourth-order valence-corrected chi connectivity index (χ4v) is 1.53. The van der Waals surface area contributed by atoms with Crippen molar-refractivity contribution in [2.45, 2.75) is 87.0 Å². The number of hydrogen-bond donors (Lipinski definition) is 0. The highest BCUT2D eigenvalue weighted by atomic mass is 19.1. The molecule has 0 aliphatic heterocycles. The number of hydrogen-bond acceptors (Lipinski definition) is 1. The van der Waals surface area contributed by atoms with Gasteiger partial charge in [-0.2, -0.15) is 0 Å². The van der Waals surface area contributed by atoms with E-state index >= 15 is 0 Å². The smallest absolute Gasteiger partial charge is 0.127 e. The van der Waals surface area contributed by atoms with Crippen molar-refractivity contribution in [2.75, 3.05) is 7.11 Å². The molecule has 1 nitrogen and oxygen atoms in total. The monoisotopic (exact) mass is 314 g/mol. The van der Waals surface area contributed by atoms with Crippen LogP contribution in [0.3, 0.4) is 0 Å². The van der Waals surface area contributed by atoms with E-state index in [1.54, 1.807) is 6.07 Å². The summed E-state index contributed by atoms with van der Waals surface area (Å²) >= 11 is 0. The van der Waals surface area contributed by atoms with Crippen LogP contribution in [0.25, 0.3) is 0 Å². The summed E-state index contributed by atoms with van der Waals surface area (Å²) < 4.78 is 17.4. The molecule has 2 heteroatoms.